The van der Waals surface area contributed by atoms with Crippen LogP contribution in [0.3, 0.4) is 0 Å². The number of likely N-dealkylation sites (tertiary alicyclic amines) is 1. The Labute approximate surface area is 239 Å². The number of carbonyl (C=O) groups is 2. The molecule has 0 aromatic heterocycles. The second kappa shape index (κ2) is 11.8. The molecule has 0 radical (unpaired) electrons. The maximum Gasteiger partial charge on any atom is 0.295 e. The number of benzene rings is 3. The predicted molar refractivity (Wildman–Crippen MR) is 154 cm³/mol. The Morgan fingerprint density at radius 2 is 1.78 bits per heavy atom. The third-order valence-corrected chi connectivity index (χ3v) is 7.89. The van der Waals surface area contributed by atoms with Crippen molar-refractivity contribution < 1.29 is 28.9 Å². The number of hydrogen-bond acceptors (Lipinski definition) is 7. The van der Waals surface area contributed by atoms with Gasteiger partial charge in [0, 0.05) is 38.2 Å². The largest absolute Gasteiger partial charge is 0.507 e. The number of hydrogen-bond donors (Lipinski definition) is 1. The van der Waals surface area contributed by atoms with E-state index in [0.717, 1.165) is 30.0 Å². The van der Waals surface area contributed by atoms with Crippen LogP contribution in [0, 0.1) is 0 Å². The van der Waals surface area contributed by atoms with Crippen molar-refractivity contribution in [3.05, 3.63) is 101 Å². The molecule has 6 rings (SSSR count). The lowest BCUT2D eigenvalue weighted by Gasteiger charge is -2.31. The van der Waals surface area contributed by atoms with Crippen LogP contribution in [0.1, 0.15) is 35.2 Å². The van der Waals surface area contributed by atoms with Gasteiger partial charge in [0.15, 0.2) is 0 Å². The molecule has 3 heterocycles. The van der Waals surface area contributed by atoms with Crippen LogP contribution in [-0.4, -0.2) is 72.1 Å². The van der Waals surface area contributed by atoms with Gasteiger partial charge in [0.2, 0.25) is 0 Å². The summed E-state index contributed by atoms with van der Waals surface area (Å²) in [4.78, 5) is 30.8. The summed E-state index contributed by atoms with van der Waals surface area (Å²) < 4.78 is 17.4. The molecule has 2 saturated heterocycles. The lowest BCUT2D eigenvalue weighted by Crippen LogP contribution is -2.42. The highest BCUT2D eigenvalue weighted by Crippen LogP contribution is 2.41. The Morgan fingerprint density at radius 3 is 2.59 bits per heavy atom. The number of fused-ring (bicyclic) bond motifs is 1. The molecule has 0 unspecified atom stereocenters. The molecule has 2 fully saturated rings. The molecule has 41 heavy (non-hydrogen) atoms. The zero-order valence-corrected chi connectivity index (χ0v) is 23.1. The van der Waals surface area contributed by atoms with E-state index in [4.69, 9.17) is 14.2 Å². The first-order chi connectivity index (χ1) is 20.0. The first kappa shape index (κ1) is 27.1. The fraction of sp³-hybridized carbons (Fsp3) is 0.333. The van der Waals surface area contributed by atoms with Gasteiger partial charge in [-0.3, -0.25) is 14.5 Å². The van der Waals surface area contributed by atoms with Crippen molar-refractivity contribution in [3.8, 4) is 11.5 Å². The molecule has 1 amide bonds. The molecule has 0 aliphatic carbocycles. The van der Waals surface area contributed by atoms with Crippen molar-refractivity contribution in [2.45, 2.75) is 32.1 Å². The molecule has 3 aliphatic rings. The van der Waals surface area contributed by atoms with Crippen molar-refractivity contribution in [3.63, 3.8) is 0 Å². The number of rotatable bonds is 8. The highest BCUT2D eigenvalue weighted by atomic mass is 16.5. The summed E-state index contributed by atoms with van der Waals surface area (Å²) in [7, 11) is 0. The molecule has 0 saturated carbocycles. The Bertz CT molecular complexity index is 1460. The Kier molecular flexibility index (Phi) is 7.76. The normalized spacial score (nSPS) is 22.0. The van der Waals surface area contributed by atoms with E-state index in [-0.39, 0.29) is 17.4 Å². The van der Waals surface area contributed by atoms with Crippen LogP contribution in [0.15, 0.2) is 78.4 Å². The van der Waals surface area contributed by atoms with Gasteiger partial charge >= 0.3 is 0 Å². The van der Waals surface area contributed by atoms with Gasteiger partial charge < -0.3 is 24.2 Å². The predicted octanol–water partition coefficient (Wildman–Crippen LogP) is 4.34. The van der Waals surface area contributed by atoms with Crippen LogP contribution in [0.4, 0.5) is 0 Å². The number of amides is 1. The van der Waals surface area contributed by atoms with Crippen LogP contribution < -0.4 is 9.47 Å². The number of ether oxygens (including phenoxy) is 3. The van der Waals surface area contributed by atoms with E-state index in [1.54, 1.807) is 11.0 Å². The maximum atomic E-state index is 13.5. The summed E-state index contributed by atoms with van der Waals surface area (Å²) in [5.74, 6) is -0.0810. The molecule has 8 nitrogen and oxygen atoms in total. The highest BCUT2D eigenvalue weighted by molar-refractivity contribution is 6.46. The van der Waals surface area contributed by atoms with E-state index in [2.05, 4.69) is 4.90 Å². The van der Waals surface area contributed by atoms with Gasteiger partial charge in [-0.25, -0.2) is 0 Å². The van der Waals surface area contributed by atoms with Crippen LogP contribution in [0.2, 0.25) is 0 Å². The average molecular weight is 555 g/mol. The monoisotopic (exact) mass is 554 g/mol. The van der Waals surface area contributed by atoms with E-state index in [0.29, 0.717) is 56.2 Å². The number of aliphatic hydroxyl groups is 1. The van der Waals surface area contributed by atoms with Gasteiger partial charge in [-0.1, -0.05) is 42.5 Å². The van der Waals surface area contributed by atoms with Gasteiger partial charge in [0.05, 0.1) is 24.8 Å². The number of nitrogens with zero attached hydrogens (tertiary/aromatic N) is 2. The van der Waals surface area contributed by atoms with Gasteiger partial charge in [0.25, 0.3) is 11.7 Å². The molecular weight excluding hydrogens is 520 g/mol. The fourth-order valence-electron chi connectivity index (χ4n) is 5.77. The summed E-state index contributed by atoms with van der Waals surface area (Å²) in [6, 6.07) is 22.0. The summed E-state index contributed by atoms with van der Waals surface area (Å²) in [6.45, 7) is 6.15. The first-order valence-electron chi connectivity index (χ1n) is 14.1. The standard InChI is InChI=1S/C33H34N2O6/c1-22-18-26-19-25(10-11-28(26)41-22)31(36)29-30(35(33(38)32(29)37)13-12-34-14-16-39-17-15-34)24-8-5-9-27(20-24)40-21-23-6-3-2-4-7-23/h2-11,19-20,22,30,36H,12-18,21H2,1H3/b31-29+/t22-,30+/m0/s1. The number of aliphatic hydroxyl groups excluding tert-OH is 1. The maximum absolute atomic E-state index is 13.5. The van der Waals surface area contributed by atoms with Crippen molar-refractivity contribution in [2.24, 2.45) is 0 Å². The molecule has 3 aromatic rings. The number of morpholine rings is 1. The van der Waals surface area contributed by atoms with Gasteiger partial charge in [0.1, 0.15) is 30.0 Å². The molecular formula is C33H34N2O6. The van der Waals surface area contributed by atoms with Crippen molar-refractivity contribution in [2.75, 3.05) is 39.4 Å². The van der Waals surface area contributed by atoms with Crippen LogP contribution in [0.25, 0.3) is 5.76 Å². The minimum atomic E-state index is -0.750. The van der Waals surface area contributed by atoms with Crippen molar-refractivity contribution in [1.29, 1.82) is 0 Å². The third-order valence-electron chi connectivity index (χ3n) is 7.89. The minimum Gasteiger partial charge on any atom is -0.507 e. The van der Waals surface area contributed by atoms with Gasteiger partial charge in [-0.2, -0.15) is 0 Å². The van der Waals surface area contributed by atoms with E-state index in [1.165, 1.54) is 0 Å². The zero-order chi connectivity index (χ0) is 28.3. The van der Waals surface area contributed by atoms with E-state index in [1.807, 2.05) is 73.7 Å². The molecule has 8 heteroatoms. The molecule has 212 valence electrons. The lowest BCUT2D eigenvalue weighted by atomic mass is 9.94. The van der Waals surface area contributed by atoms with Crippen molar-refractivity contribution in [1.82, 2.24) is 9.80 Å². The average Bonchev–Trinajstić information content (AvgIpc) is 3.50. The summed E-state index contributed by atoms with van der Waals surface area (Å²) in [5, 5.41) is 11.6. The van der Waals surface area contributed by atoms with Crippen LogP contribution >= 0.6 is 0 Å². The summed E-state index contributed by atoms with van der Waals surface area (Å²) >= 11 is 0. The quantitative estimate of drug-likeness (QED) is 0.252. The first-order valence-corrected chi connectivity index (χ1v) is 14.1. The van der Waals surface area contributed by atoms with E-state index in [9.17, 15) is 14.7 Å². The molecule has 1 N–H and O–H groups in total. The number of ketones is 1. The molecule has 0 spiro atoms. The lowest BCUT2D eigenvalue weighted by molar-refractivity contribution is -0.140. The topological polar surface area (TPSA) is 88.5 Å². The Morgan fingerprint density at radius 1 is 0.976 bits per heavy atom. The molecule has 3 aromatic carbocycles. The highest BCUT2D eigenvalue weighted by Gasteiger charge is 2.46. The van der Waals surface area contributed by atoms with Crippen LogP contribution in [0.5, 0.6) is 11.5 Å². The summed E-state index contributed by atoms with van der Waals surface area (Å²) in [5.41, 5.74) is 3.29. The number of Topliss-reactive ketones (excluding diaryl/α,β-unsaturated/α-hetero) is 1. The fourth-order valence-corrected chi connectivity index (χ4v) is 5.77. The number of carbonyl (C=O) groups excluding carboxylic acids is 2. The third kappa shape index (κ3) is 5.71. The Balaban J connectivity index is 1.35. The summed E-state index contributed by atoms with van der Waals surface area (Å²) in [6.07, 6.45) is 0.765. The van der Waals surface area contributed by atoms with E-state index < -0.39 is 17.7 Å². The van der Waals surface area contributed by atoms with Crippen LogP contribution in [-0.2, 0) is 27.4 Å². The second-order valence-electron chi connectivity index (χ2n) is 10.7. The van der Waals surface area contributed by atoms with Gasteiger partial charge in [-0.15, -0.1) is 0 Å². The molecule has 2 atom stereocenters. The minimum absolute atomic E-state index is 0.0480. The second-order valence-corrected chi connectivity index (χ2v) is 10.7. The molecule has 0 bridgehead atoms. The smallest absolute Gasteiger partial charge is 0.295 e. The van der Waals surface area contributed by atoms with Gasteiger partial charge in [-0.05, 0) is 53.9 Å². The SMILES string of the molecule is C[C@H]1Cc2cc(/C(O)=C3\C(=O)C(=O)N(CCN4CCOCC4)[C@@H]3c3cccc(OCc4ccccc4)c3)ccc2O1. The Hall–Kier alpha value is -4.14. The van der Waals surface area contributed by atoms with E-state index >= 15 is 0 Å². The van der Waals surface area contributed by atoms with Crippen molar-refractivity contribution >= 4 is 17.4 Å². The zero-order valence-electron chi connectivity index (χ0n) is 23.1. The molecule has 3 aliphatic heterocycles.